The first-order valence-corrected chi connectivity index (χ1v) is 10.5. The Bertz CT molecular complexity index is 1170. The lowest BCUT2D eigenvalue weighted by atomic mass is 9.86. The number of nitrogens with one attached hydrogen (secondary N) is 4. The standard InChI is InChI=1S/C23H26FN5O2/c1-3-14-9-15-5-4-13(8-20(15)29-22(14)30)12-26-16-10-17(11-16)27-18-6-7-19(23(31)25-2)28-21(18)24/h4-9,16-17,26-27H,3,10-12H2,1-2H3,(H,25,31)(H,29,30). The van der Waals surface area contributed by atoms with E-state index in [1.807, 2.05) is 25.1 Å². The van der Waals surface area contributed by atoms with Gasteiger partial charge in [-0.15, -0.1) is 0 Å². The maximum Gasteiger partial charge on any atom is 0.269 e. The van der Waals surface area contributed by atoms with Gasteiger partial charge in [0, 0.05) is 36.8 Å². The van der Waals surface area contributed by atoms with Crippen molar-refractivity contribution in [2.45, 2.75) is 44.8 Å². The second-order valence-corrected chi connectivity index (χ2v) is 7.90. The maximum atomic E-state index is 14.1. The van der Waals surface area contributed by atoms with Crippen molar-refractivity contribution in [3.63, 3.8) is 0 Å². The molecule has 1 aromatic carbocycles. The molecule has 0 bridgehead atoms. The zero-order valence-electron chi connectivity index (χ0n) is 17.6. The molecule has 0 aliphatic heterocycles. The van der Waals surface area contributed by atoms with Crippen LogP contribution in [-0.2, 0) is 13.0 Å². The molecular weight excluding hydrogens is 397 g/mol. The molecule has 0 radical (unpaired) electrons. The fourth-order valence-corrected chi connectivity index (χ4v) is 3.85. The molecule has 3 aromatic rings. The normalized spacial score (nSPS) is 17.9. The Balaban J connectivity index is 1.29. The van der Waals surface area contributed by atoms with Crippen molar-refractivity contribution < 1.29 is 9.18 Å². The molecule has 1 fully saturated rings. The van der Waals surface area contributed by atoms with Crippen molar-refractivity contribution in [1.29, 1.82) is 0 Å². The van der Waals surface area contributed by atoms with E-state index in [1.54, 1.807) is 6.07 Å². The number of amides is 1. The van der Waals surface area contributed by atoms with E-state index in [-0.39, 0.29) is 17.3 Å². The highest BCUT2D eigenvalue weighted by molar-refractivity contribution is 5.92. The molecule has 1 aliphatic carbocycles. The third-order valence-electron chi connectivity index (χ3n) is 5.77. The minimum Gasteiger partial charge on any atom is -0.378 e. The molecule has 2 heterocycles. The van der Waals surface area contributed by atoms with E-state index >= 15 is 0 Å². The summed E-state index contributed by atoms with van der Waals surface area (Å²) in [5.74, 6) is -1.09. The number of carbonyl (C=O) groups excluding carboxylic acids is 1. The Hall–Kier alpha value is -3.26. The van der Waals surface area contributed by atoms with E-state index in [0.717, 1.165) is 34.9 Å². The fourth-order valence-electron chi connectivity index (χ4n) is 3.85. The molecule has 0 atom stereocenters. The smallest absolute Gasteiger partial charge is 0.269 e. The highest BCUT2D eigenvalue weighted by Gasteiger charge is 2.29. The molecule has 1 aliphatic rings. The molecule has 4 N–H and O–H groups in total. The number of pyridine rings is 2. The average Bonchev–Trinajstić information content (AvgIpc) is 2.74. The van der Waals surface area contributed by atoms with E-state index in [1.165, 1.54) is 13.1 Å². The number of hydrogen-bond donors (Lipinski definition) is 4. The number of rotatable bonds is 7. The molecule has 4 rings (SSSR count). The Morgan fingerprint density at radius 1 is 1.19 bits per heavy atom. The lowest BCUT2D eigenvalue weighted by molar-refractivity contribution is 0.0957. The van der Waals surface area contributed by atoms with Crippen LogP contribution in [0.5, 0.6) is 0 Å². The molecule has 1 saturated carbocycles. The number of aromatic amines is 1. The first kappa shape index (κ1) is 21.0. The summed E-state index contributed by atoms with van der Waals surface area (Å²) in [6.45, 7) is 2.67. The molecule has 162 valence electrons. The summed E-state index contributed by atoms with van der Waals surface area (Å²) in [5, 5.41) is 10.1. The zero-order valence-corrected chi connectivity index (χ0v) is 17.6. The summed E-state index contributed by atoms with van der Waals surface area (Å²) in [7, 11) is 1.48. The SMILES string of the molecule is CCc1cc2ccc(CNC3CC(Nc4ccc(C(=O)NC)nc4F)C3)cc2[nH]c1=O. The van der Waals surface area contributed by atoms with Crippen molar-refractivity contribution in [3.8, 4) is 0 Å². The van der Waals surface area contributed by atoms with Gasteiger partial charge in [-0.05, 0) is 54.5 Å². The fraction of sp³-hybridized carbons (Fsp3) is 0.348. The van der Waals surface area contributed by atoms with Gasteiger partial charge in [0.25, 0.3) is 11.5 Å². The van der Waals surface area contributed by atoms with Crippen molar-refractivity contribution >= 4 is 22.5 Å². The number of nitrogens with zero attached hydrogens (tertiary/aromatic N) is 1. The Labute approximate surface area is 179 Å². The number of aromatic nitrogens is 2. The second-order valence-electron chi connectivity index (χ2n) is 7.90. The van der Waals surface area contributed by atoms with Crippen LogP contribution in [-0.4, -0.2) is 35.0 Å². The predicted octanol–water partition coefficient (Wildman–Crippen LogP) is 2.72. The van der Waals surface area contributed by atoms with Gasteiger partial charge >= 0.3 is 0 Å². The highest BCUT2D eigenvalue weighted by Crippen LogP contribution is 2.26. The van der Waals surface area contributed by atoms with Crippen LogP contribution in [0.2, 0.25) is 0 Å². The van der Waals surface area contributed by atoms with Gasteiger partial charge in [0.05, 0.1) is 5.69 Å². The van der Waals surface area contributed by atoms with Gasteiger partial charge < -0.3 is 20.9 Å². The quantitative estimate of drug-likeness (QED) is 0.438. The van der Waals surface area contributed by atoms with Crippen LogP contribution in [0.4, 0.5) is 10.1 Å². The second kappa shape index (κ2) is 8.85. The summed E-state index contributed by atoms with van der Waals surface area (Å²) < 4.78 is 14.1. The number of aryl methyl sites for hydroxylation is 1. The molecule has 0 unspecified atom stereocenters. The number of benzene rings is 1. The van der Waals surface area contributed by atoms with Crippen molar-refractivity contribution in [1.82, 2.24) is 20.6 Å². The lowest BCUT2D eigenvalue weighted by Crippen LogP contribution is -2.47. The summed E-state index contributed by atoms with van der Waals surface area (Å²) >= 11 is 0. The van der Waals surface area contributed by atoms with Crippen LogP contribution in [0, 0.1) is 5.95 Å². The average molecular weight is 423 g/mol. The molecule has 31 heavy (non-hydrogen) atoms. The largest absolute Gasteiger partial charge is 0.378 e. The summed E-state index contributed by atoms with van der Waals surface area (Å²) in [6.07, 6.45) is 2.44. The van der Waals surface area contributed by atoms with Gasteiger partial charge in [-0.1, -0.05) is 19.1 Å². The van der Waals surface area contributed by atoms with E-state index in [2.05, 4.69) is 32.0 Å². The van der Waals surface area contributed by atoms with Crippen LogP contribution in [0.25, 0.3) is 10.9 Å². The Kier molecular flexibility index (Phi) is 5.99. The monoisotopic (exact) mass is 423 g/mol. The topological polar surface area (TPSA) is 98.9 Å². The van der Waals surface area contributed by atoms with Gasteiger partial charge in [-0.3, -0.25) is 9.59 Å². The van der Waals surface area contributed by atoms with Crippen LogP contribution in [0.15, 0.2) is 41.2 Å². The number of anilines is 1. The van der Waals surface area contributed by atoms with Gasteiger partial charge in [0.15, 0.2) is 0 Å². The van der Waals surface area contributed by atoms with Crippen molar-refractivity contribution in [2.24, 2.45) is 0 Å². The van der Waals surface area contributed by atoms with E-state index in [0.29, 0.717) is 24.7 Å². The molecule has 0 saturated heterocycles. The van der Waals surface area contributed by atoms with Crippen LogP contribution >= 0.6 is 0 Å². The molecule has 8 heteroatoms. The molecule has 7 nitrogen and oxygen atoms in total. The highest BCUT2D eigenvalue weighted by atomic mass is 19.1. The molecule has 1 amide bonds. The Morgan fingerprint density at radius 3 is 2.71 bits per heavy atom. The van der Waals surface area contributed by atoms with Crippen LogP contribution < -0.4 is 21.5 Å². The van der Waals surface area contributed by atoms with Gasteiger partial charge in [0.2, 0.25) is 5.95 Å². The summed E-state index contributed by atoms with van der Waals surface area (Å²) in [6, 6.07) is 11.6. The van der Waals surface area contributed by atoms with Crippen molar-refractivity contribution in [3.05, 3.63) is 69.5 Å². The minimum absolute atomic E-state index is 0.0295. The van der Waals surface area contributed by atoms with E-state index in [4.69, 9.17) is 0 Å². The van der Waals surface area contributed by atoms with Gasteiger partial charge in [-0.2, -0.15) is 4.39 Å². The predicted molar refractivity (Wildman–Crippen MR) is 119 cm³/mol. The molecular formula is C23H26FN5O2. The zero-order chi connectivity index (χ0) is 22.0. The number of H-pyrrole nitrogens is 1. The van der Waals surface area contributed by atoms with E-state index in [9.17, 15) is 14.0 Å². The lowest BCUT2D eigenvalue weighted by Gasteiger charge is -2.37. The number of fused-ring (bicyclic) bond motifs is 1. The van der Waals surface area contributed by atoms with E-state index < -0.39 is 11.9 Å². The van der Waals surface area contributed by atoms with Crippen LogP contribution in [0.3, 0.4) is 0 Å². The Morgan fingerprint density at radius 2 is 2.00 bits per heavy atom. The molecule has 0 spiro atoms. The van der Waals surface area contributed by atoms with Crippen molar-refractivity contribution in [2.75, 3.05) is 12.4 Å². The summed E-state index contributed by atoms with van der Waals surface area (Å²) in [5.41, 5.74) is 3.07. The molecule has 2 aromatic heterocycles. The third kappa shape index (κ3) is 4.59. The number of hydrogen-bond acceptors (Lipinski definition) is 5. The van der Waals surface area contributed by atoms with Crippen LogP contribution in [0.1, 0.15) is 41.4 Å². The third-order valence-corrected chi connectivity index (χ3v) is 5.77. The number of halogens is 1. The van der Waals surface area contributed by atoms with Gasteiger partial charge in [0.1, 0.15) is 5.69 Å². The minimum atomic E-state index is -0.672. The number of carbonyl (C=O) groups is 1. The first-order valence-electron chi connectivity index (χ1n) is 10.5. The first-order chi connectivity index (χ1) is 15.0. The summed E-state index contributed by atoms with van der Waals surface area (Å²) in [4.78, 5) is 30.2. The maximum absolute atomic E-state index is 14.1. The van der Waals surface area contributed by atoms with Gasteiger partial charge in [-0.25, -0.2) is 4.98 Å².